The van der Waals surface area contributed by atoms with Crippen molar-refractivity contribution in [2.45, 2.75) is 18.9 Å². The van der Waals surface area contributed by atoms with Crippen LogP contribution in [0.25, 0.3) is 0 Å². The van der Waals surface area contributed by atoms with E-state index in [1.165, 1.54) is 5.56 Å². The number of amides is 3. The number of nitrogens with zero attached hydrogens (tertiary/aromatic N) is 2. The predicted octanol–water partition coefficient (Wildman–Crippen LogP) is -0.0506. The normalized spacial score (nSPS) is 18.7. The third kappa shape index (κ3) is 4.46. The fraction of sp³-hybridized carbons (Fsp3) is 0.529. The maximum absolute atomic E-state index is 12.3. The molecule has 2 aliphatic heterocycles. The number of carbonyl (C=O) groups excluding carboxylic acids is 2. The number of benzene rings is 1. The lowest BCUT2D eigenvalue weighted by molar-refractivity contribution is -0.132. The van der Waals surface area contributed by atoms with Gasteiger partial charge in [0.05, 0.1) is 6.04 Å². The Morgan fingerprint density at radius 1 is 1.00 bits per heavy atom. The van der Waals surface area contributed by atoms with Crippen LogP contribution in [0.5, 0.6) is 0 Å². The molecule has 3 amide bonds. The van der Waals surface area contributed by atoms with E-state index in [-0.39, 0.29) is 18.0 Å². The van der Waals surface area contributed by atoms with Crippen molar-refractivity contribution in [3.05, 3.63) is 35.9 Å². The summed E-state index contributed by atoms with van der Waals surface area (Å²) in [5, 5.41) is 3.00. The highest BCUT2D eigenvalue weighted by atomic mass is 16.2. The minimum absolute atomic E-state index is 0.0399. The Balaban J connectivity index is 1.39. The van der Waals surface area contributed by atoms with Crippen LogP contribution in [0.1, 0.15) is 12.0 Å². The smallest absolute Gasteiger partial charge is 0.317 e. The molecule has 3 N–H and O–H groups in total. The predicted molar refractivity (Wildman–Crippen MR) is 91.2 cm³/mol. The van der Waals surface area contributed by atoms with Crippen molar-refractivity contribution >= 4 is 11.9 Å². The number of urea groups is 1. The molecule has 0 radical (unpaired) electrons. The van der Waals surface area contributed by atoms with Gasteiger partial charge in [0, 0.05) is 45.7 Å². The van der Waals surface area contributed by atoms with Crippen molar-refractivity contribution in [2.75, 3.05) is 39.3 Å². The lowest BCUT2D eigenvalue weighted by Gasteiger charge is -2.35. The Bertz CT molecular complexity index is 551. The Kier molecular flexibility index (Phi) is 5.66. The maximum Gasteiger partial charge on any atom is 0.317 e. The first-order chi connectivity index (χ1) is 11.7. The summed E-state index contributed by atoms with van der Waals surface area (Å²) in [5.41, 5.74) is 7.17. The molecule has 0 unspecified atom stereocenters. The highest BCUT2D eigenvalue weighted by Gasteiger charge is 2.26. The lowest BCUT2D eigenvalue weighted by Crippen LogP contribution is -2.55. The summed E-state index contributed by atoms with van der Waals surface area (Å²) in [5.74, 6) is 0.170. The molecule has 1 aromatic carbocycles. The van der Waals surface area contributed by atoms with E-state index in [0.29, 0.717) is 32.6 Å². The maximum atomic E-state index is 12.3. The number of hydrogen-bond acceptors (Lipinski definition) is 4. The number of hydrazine groups is 1. The van der Waals surface area contributed by atoms with Gasteiger partial charge in [-0.15, -0.1) is 0 Å². The molecule has 2 aliphatic rings. The summed E-state index contributed by atoms with van der Waals surface area (Å²) in [6.07, 6.45) is 1.29. The van der Waals surface area contributed by atoms with E-state index in [9.17, 15) is 9.59 Å². The molecule has 7 nitrogen and oxygen atoms in total. The first-order valence-corrected chi connectivity index (χ1v) is 8.55. The van der Waals surface area contributed by atoms with Crippen molar-refractivity contribution in [3.8, 4) is 0 Å². The second-order valence-electron chi connectivity index (χ2n) is 6.26. The van der Waals surface area contributed by atoms with Gasteiger partial charge in [-0.25, -0.2) is 4.79 Å². The van der Waals surface area contributed by atoms with E-state index in [0.717, 1.165) is 19.5 Å². The Morgan fingerprint density at radius 3 is 2.29 bits per heavy atom. The summed E-state index contributed by atoms with van der Waals surface area (Å²) >= 11 is 0. The topological polar surface area (TPSA) is 76.7 Å². The molecule has 0 bridgehead atoms. The van der Waals surface area contributed by atoms with Gasteiger partial charge in [0.2, 0.25) is 5.91 Å². The van der Waals surface area contributed by atoms with Crippen LogP contribution in [0.2, 0.25) is 0 Å². The molecule has 0 aromatic heterocycles. The molecule has 1 aromatic rings. The van der Waals surface area contributed by atoms with Gasteiger partial charge in [0.15, 0.2) is 0 Å². The Labute approximate surface area is 142 Å². The third-order valence-electron chi connectivity index (χ3n) is 4.54. The largest absolute Gasteiger partial charge is 0.339 e. The van der Waals surface area contributed by atoms with Crippen LogP contribution in [0, 0.1) is 0 Å². The van der Waals surface area contributed by atoms with E-state index >= 15 is 0 Å². The van der Waals surface area contributed by atoms with Crippen molar-refractivity contribution in [1.29, 1.82) is 0 Å². The number of rotatable bonds is 4. The van der Waals surface area contributed by atoms with Gasteiger partial charge in [0.1, 0.15) is 0 Å². The first-order valence-electron chi connectivity index (χ1n) is 8.55. The van der Waals surface area contributed by atoms with Crippen molar-refractivity contribution < 1.29 is 9.59 Å². The Morgan fingerprint density at radius 2 is 1.62 bits per heavy atom. The molecular formula is C17H25N5O2. The van der Waals surface area contributed by atoms with Crippen LogP contribution < -0.4 is 16.2 Å². The summed E-state index contributed by atoms with van der Waals surface area (Å²) in [6, 6.07) is 10.1. The fourth-order valence-corrected chi connectivity index (χ4v) is 3.04. The molecule has 7 heteroatoms. The zero-order valence-electron chi connectivity index (χ0n) is 13.8. The monoisotopic (exact) mass is 331 g/mol. The molecule has 24 heavy (non-hydrogen) atoms. The lowest BCUT2D eigenvalue weighted by atomic mass is 10.1. The third-order valence-corrected chi connectivity index (χ3v) is 4.54. The standard InChI is InChI=1S/C17H25N5O2/c23-16(7-6-14-4-2-1-3-5-14)21-8-10-22(11-9-21)17(24)20-15-12-18-19-13-15/h1-5,15,18-19H,6-13H2,(H,20,24). The first kappa shape index (κ1) is 16.7. The van der Waals surface area contributed by atoms with E-state index in [2.05, 4.69) is 16.2 Å². The van der Waals surface area contributed by atoms with Gasteiger partial charge >= 0.3 is 6.03 Å². The minimum Gasteiger partial charge on any atom is -0.339 e. The van der Waals surface area contributed by atoms with Crippen molar-refractivity contribution in [2.24, 2.45) is 0 Å². The average molecular weight is 331 g/mol. The molecule has 0 saturated carbocycles. The van der Waals surface area contributed by atoms with Crippen LogP contribution in [0.4, 0.5) is 4.79 Å². The number of aryl methyl sites for hydroxylation is 1. The second-order valence-corrected chi connectivity index (χ2v) is 6.26. The van der Waals surface area contributed by atoms with Gasteiger partial charge in [-0.1, -0.05) is 30.3 Å². The Hall–Kier alpha value is -2.12. The van der Waals surface area contributed by atoms with Gasteiger partial charge < -0.3 is 15.1 Å². The van der Waals surface area contributed by atoms with Crippen molar-refractivity contribution in [3.63, 3.8) is 0 Å². The molecular weight excluding hydrogens is 306 g/mol. The fourth-order valence-electron chi connectivity index (χ4n) is 3.04. The van der Waals surface area contributed by atoms with E-state index in [4.69, 9.17) is 0 Å². The van der Waals surface area contributed by atoms with E-state index in [1.54, 1.807) is 4.90 Å². The summed E-state index contributed by atoms with van der Waals surface area (Å²) in [4.78, 5) is 28.2. The molecule has 130 valence electrons. The number of carbonyl (C=O) groups is 2. The van der Waals surface area contributed by atoms with E-state index < -0.39 is 0 Å². The van der Waals surface area contributed by atoms with Crippen LogP contribution in [-0.4, -0.2) is 67.0 Å². The highest BCUT2D eigenvalue weighted by Crippen LogP contribution is 2.08. The minimum atomic E-state index is -0.0399. The molecule has 0 atom stereocenters. The highest BCUT2D eigenvalue weighted by molar-refractivity contribution is 5.78. The molecule has 2 heterocycles. The van der Waals surface area contributed by atoms with Gasteiger partial charge in [-0.3, -0.25) is 15.6 Å². The zero-order valence-corrected chi connectivity index (χ0v) is 13.8. The van der Waals surface area contributed by atoms with Crippen LogP contribution in [0.3, 0.4) is 0 Å². The molecule has 2 saturated heterocycles. The quantitative estimate of drug-likeness (QED) is 0.723. The SMILES string of the molecule is O=C(CCc1ccccc1)N1CCN(C(=O)NC2CNNC2)CC1. The molecule has 2 fully saturated rings. The second kappa shape index (κ2) is 8.12. The molecule has 0 aliphatic carbocycles. The van der Waals surface area contributed by atoms with Gasteiger partial charge in [0.25, 0.3) is 0 Å². The van der Waals surface area contributed by atoms with Gasteiger partial charge in [-0.2, -0.15) is 0 Å². The van der Waals surface area contributed by atoms with Crippen LogP contribution >= 0.6 is 0 Å². The zero-order chi connectivity index (χ0) is 16.8. The molecule has 0 spiro atoms. The van der Waals surface area contributed by atoms with Crippen LogP contribution in [-0.2, 0) is 11.2 Å². The number of hydrogen-bond donors (Lipinski definition) is 3. The van der Waals surface area contributed by atoms with Crippen molar-refractivity contribution in [1.82, 2.24) is 26.0 Å². The summed E-state index contributed by atoms with van der Waals surface area (Å²) < 4.78 is 0. The summed E-state index contributed by atoms with van der Waals surface area (Å²) in [6.45, 7) is 3.89. The molecule has 3 rings (SSSR count). The number of piperazine rings is 1. The van der Waals surface area contributed by atoms with E-state index in [1.807, 2.05) is 35.2 Å². The average Bonchev–Trinajstić information content (AvgIpc) is 3.13. The van der Waals surface area contributed by atoms with Gasteiger partial charge in [-0.05, 0) is 12.0 Å². The van der Waals surface area contributed by atoms with Crippen LogP contribution in [0.15, 0.2) is 30.3 Å². The summed E-state index contributed by atoms with van der Waals surface area (Å²) in [7, 11) is 0. The number of nitrogens with one attached hydrogen (secondary N) is 3.